The molecule has 2 rings (SSSR count). The molecule has 5 nitrogen and oxygen atoms in total. The van der Waals surface area contributed by atoms with Crippen molar-refractivity contribution in [1.82, 2.24) is 9.97 Å². The van der Waals surface area contributed by atoms with Gasteiger partial charge in [0.05, 0.1) is 19.2 Å². The van der Waals surface area contributed by atoms with Crippen LogP contribution in [0.3, 0.4) is 0 Å². The topological polar surface area (TPSA) is 47.5 Å². The Morgan fingerprint density at radius 2 is 1.95 bits per heavy atom. The summed E-state index contributed by atoms with van der Waals surface area (Å²) in [5, 5.41) is 1.08. The van der Waals surface area contributed by atoms with Crippen LogP contribution in [0.25, 0.3) is 10.9 Å². The Morgan fingerprint density at radius 1 is 1.21 bits per heavy atom. The van der Waals surface area contributed by atoms with Gasteiger partial charge in [-0.15, -0.1) is 0 Å². The smallest absolute Gasteiger partial charge is 0.224 e. The van der Waals surface area contributed by atoms with Crippen molar-refractivity contribution in [3.8, 4) is 11.5 Å². The number of anilines is 1. The van der Waals surface area contributed by atoms with Gasteiger partial charge in [-0.05, 0) is 24.6 Å². The number of methoxy groups -OCH3 is 1. The second-order valence-electron chi connectivity index (χ2n) is 4.16. The van der Waals surface area contributed by atoms with E-state index in [4.69, 9.17) is 21.1 Å². The van der Waals surface area contributed by atoms with Crippen LogP contribution in [-0.4, -0.2) is 37.8 Å². The number of aromatic nitrogens is 2. The third kappa shape index (κ3) is 2.66. The number of rotatable bonds is 4. The molecule has 0 saturated carbocycles. The largest absolute Gasteiger partial charge is 0.493 e. The van der Waals surface area contributed by atoms with Gasteiger partial charge in [0.2, 0.25) is 5.28 Å². The first kappa shape index (κ1) is 13.7. The van der Waals surface area contributed by atoms with Crippen LogP contribution in [0.2, 0.25) is 5.28 Å². The van der Waals surface area contributed by atoms with Gasteiger partial charge in [-0.1, -0.05) is 0 Å². The summed E-state index contributed by atoms with van der Waals surface area (Å²) in [4.78, 5) is 10.3. The Bertz CT molecular complexity index is 602. The lowest BCUT2D eigenvalue weighted by Crippen LogP contribution is -2.12. The van der Waals surface area contributed by atoms with Crippen molar-refractivity contribution in [2.45, 2.75) is 6.92 Å². The standard InChI is InChI=1S/C13H16ClN3O2/c1-5-19-11-6-8-9(7-10(11)18-4)15-13(14)16-12(8)17(2)3/h6-7H,5H2,1-4H3. The maximum Gasteiger partial charge on any atom is 0.224 e. The molecule has 6 heteroatoms. The zero-order valence-electron chi connectivity index (χ0n) is 11.4. The molecule has 0 aliphatic rings. The van der Waals surface area contributed by atoms with Gasteiger partial charge in [0, 0.05) is 25.5 Å². The Hall–Kier alpha value is -1.75. The first-order valence-electron chi connectivity index (χ1n) is 5.92. The van der Waals surface area contributed by atoms with Crippen molar-refractivity contribution in [1.29, 1.82) is 0 Å². The highest BCUT2D eigenvalue weighted by molar-refractivity contribution is 6.28. The summed E-state index contributed by atoms with van der Waals surface area (Å²) in [7, 11) is 5.41. The fourth-order valence-electron chi connectivity index (χ4n) is 1.86. The van der Waals surface area contributed by atoms with Crippen LogP contribution < -0.4 is 14.4 Å². The normalized spacial score (nSPS) is 10.6. The lowest BCUT2D eigenvalue weighted by Gasteiger charge is -2.16. The average molecular weight is 282 g/mol. The number of benzene rings is 1. The molecule has 1 aromatic carbocycles. The molecule has 1 heterocycles. The van der Waals surface area contributed by atoms with Crippen LogP contribution in [0.4, 0.5) is 5.82 Å². The van der Waals surface area contributed by atoms with Crippen molar-refractivity contribution >= 4 is 28.3 Å². The number of halogens is 1. The molecule has 0 fully saturated rings. The number of nitrogens with zero attached hydrogens (tertiary/aromatic N) is 3. The summed E-state index contributed by atoms with van der Waals surface area (Å²) in [5.74, 6) is 2.05. The monoisotopic (exact) mass is 281 g/mol. The highest BCUT2D eigenvalue weighted by atomic mass is 35.5. The van der Waals surface area contributed by atoms with E-state index in [0.717, 1.165) is 16.7 Å². The van der Waals surface area contributed by atoms with Crippen LogP contribution >= 0.6 is 11.6 Å². The Balaban J connectivity index is 2.73. The Morgan fingerprint density at radius 3 is 2.53 bits per heavy atom. The first-order valence-corrected chi connectivity index (χ1v) is 6.30. The van der Waals surface area contributed by atoms with Gasteiger partial charge in [-0.2, -0.15) is 4.98 Å². The molecular formula is C13H16ClN3O2. The van der Waals surface area contributed by atoms with E-state index in [-0.39, 0.29) is 5.28 Å². The number of fused-ring (bicyclic) bond motifs is 1. The number of ether oxygens (including phenoxy) is 2. The summed E-state index contributed by atoms with van der Waals surface area (Å²) in [6.45, 7) is 2.49. The molecule has 0 spiro atoms. The molecule has 1 aromatic heterocycles. The molecule has 0 amide bonds. The number of hydrogen-bond acceptors (Lipinski definition) is 5. The third-order valence-corrected chi connectivity index (χ3v) is 2.83. The van der Waals surface area contributed by atoms with Crippen molar-refractivity contribution in [3.05, 3.63) is 17.4 Å². The van der Waals surface area contributed by atoms with Gasteiger partial charge < -0.3 is 14.4 Å². The number of hydrogen-bond donors (Lipinski definition) is 0. The van der Waals surface area contributed by atoms with E-state index < -0.39 is 0 Å². The summed E-state index contributed by atoms with van der Waals surface area (Å²) in [6.07, 6.45) is 0. The van der Waals surface area contributed by atoms with E-state index in [1.165, 1.54) is 0 Å². The van der Waals surface area contributed by atoms with Crippen LogP contribution in [-0.2, 0) is 0 Å². The highest BCUT2D eigenvalue weighted by Gasteiger charge is 2.13. The molecule has 19 heavy (non-hydrogen) atoms. The van der Waals surface area contributed by atoms with Crippen LogP contribution in [0.15, 0.2) is 12.1 Å². The maximum absolute atomic E-state index is 5.94. The fraction of sp³-hybridized carbons (Fsp3) is 0.385. The molecule has 0 N–H and O–H groups in total. The van der Waals surface area contributed by atoms with Crippen molar-refractivity contribution in [3.63, 3.8) is 0 Å². The van der Waals surface area contributed by atoms with E-state index in [9.17, 15) is 0 Å². The van der Waals surface area contributed by atoms with E-state index in [0.29, 0.717) is 18.1 Å². The summed E-state index contributed by atoms with van der Waals surface area (Å²) >= 11 is 5.94. The predicted octanol–water partition coefficient (Wildman–Crippen LogP) is 2.76. The van der Waals surface area contributed by atoms with Crippen molar-refractivity contribution < 1.29 is 9.47 Å². The van der Waals surface area contributed by atoms with Crippen LogP contribution in [0.1, 0.15) is 6.92 Å². The SMILES string of the molecule is CCOc1cc2c(N(C)C)nc(Cl)nc2cc1OC. The van der Waals surface area contributed by atoms with Gasteiger partial charge in [0.15, 0.2) is 11.5 Å². The minimum Gasteiger partial charge on any atom is -0.493 e. The highest BCUT2D eigenvalue weighted by Crippen LogP contribution is 2.35. The molecule has 0 unspecified atom stereocenters. The molecule has 102 valence electrons. The van der Waals surface area contributed by atoms with E-state index >= 15 is 0 Å². The lowest BCUT2D eigenvalue weighted by atomic mass is 10.2. The summed E-state index contributed by atoms with van der Waals surface area (Å²) in [6, 6.07) is 3.68. The zero-order valence-corrected chi connectivity index (χ0v) is 12.2. The van der Waals surface area contributed by atoms with Gasteiger partial charge >= 0.3 is 0 Å². The quantitative estimate of drug-likeness (QED) is 0.807. The Labute approximate surface area is 117 Å². The van der Waals surface area contributed by atoms with Crippen LogP contribution in [0, 0.1) is 0 Å². The molecule has 0 saturated heterocycles. The fourth-order valence-corrected chi connectivity index (χ4v) is 2.03. The van der Waals surface area contributed by atoms with Crippen molar-refractivity contribution in [2.75, 3.05) is 32.7 Å². The van der Waals surface area contributed by atoms with Crippen LogP contribution in [0.5, 0.6) is 11.5 Å². The average Bonchev–Trinajstić information content (AvgIpc) is 2.37. The maximum atomic E-state index is 5.94. The van der Waals surface area contributed by atoms with Crippen molar-refractivity contribution in [2.24, 2.45) is 0 Å². The third-order valence-electron chi connectivity index (χ3n) is 2.66. The van der Waals surface area contributed by atoms with E-state index in [2.05, 4.69) is 9.97 Å². The molecule has 0 radical (unpaired) electrons. The molecule has 2 aromatic rings. The summed E-state index contributed by atoms with van der Waals surface area (Å²) in [5.41, 5.74) is 0.726. The molecule has 0 aliphatic heterocycles. The first-order chi connectivity index (χ1) is 9.06. The van der Waals surface area contributed by atoms with Gasteiger partial charge in [-0.25, -0.2) is 4.98 Å². The summed E-state index contributed by atoms with van der Waals surface area (Å²) < 4.78 is 10.9. The minimum absolute atomic E-state index is 0.211. The van der Waals surface area contributed by atoms with Gasteiger partial charge in [0.1, 0.15) is 5.82 Å². The second kappa shape index (κ2) is 5.48. The molecule has 0 bridgehead atoms. The van der Waals surface area contributed by atoms with Gasteiger partial charge in [-0.3, -0.25) is 0 Å². The minimum atomic E-state index is 0.211. The van der Waals surface area contributed by atoms with E-state index in [1.54, 1.807) is 13.2 Å². The van der Waals surface area contributed by atoms with Gasteiger partial charge in [0.25, 0.3) is 0 Å². The second-order valence-corrected chi connectivity index (χ2v) is 4.50. The molecule has 0 aliphatic carbocycles. The zero-order chi connectivity index (χ0) is 14.0. The molecule has 0 atom stereocenters. The lowest BCUT2D eigenvalue weighted by molar-refractivity contribution is 0.311. The van der Waals surface area contributed by atoms with E-state index in [1.807, 2.05) is 32.0 Å². The molecular weight excluding hydrogens is 266 g/mol. The Kier molecular flexibility index (Phi) is 3.95. The predicted molar refractivity (Wildman–Crippen MR) is 76.6 cm³/mol.